The molecule has 0 aliphatic carbocycles. The molecule has 0 saturated carbocycles. The Bertz CT molecular complexity index is 564. The van der Waals surface area contributed by atoms with E-state index in [1.807, 2.05) is 24.3 Å². The first kappa shape index (κ1) is 21.3. The van der Waals surface area contributed by atoms with Gasteiger partial charge in [-0.2, -0.15) is 0 Å². The molecule has 0 heterocycles. The SMILES string of the molecule is CCCCc1ccc(OCC(COc2ccc(CCCC)cc2)OC)cc1. The van der Waals surface area contributed by atoms with Crippen molar-refractivity contribution in [3.63, 3.8) is 0 Å². The topological polar surface area (TPSA) is 27.7 Å². The summed E-state index contributed by atoms with van der Waals surface area (Å²) in [5.74, 6) is 1.75. The van der Waals surface area contributed by atoms with E-state index in [2.05, 4.69) is 38.1 Å². The van der Waals surface area contributed by atoms with Crippen LogP contribution in [0.3, 0.4) is 0 Å². The number of unbranched alkanes of at least 4 members (excludes halogenated alkanes) is 2. The van der Waals surface area contributed by atoms with Crippen LogP contribution < -0.4 is 9.47 Å². The standard InChI is InChI=1S/C24H34O3/c1-4-6-8-20-10-14-22(15-11-20)26-18-24(25-3)19-27-23-16-12-21(13-17-23)9-7-5-2/h10-17,24H,4-9,18-19H2,1-3H3. The highest BCUT2D eigenvalue weighted by atomic mass is 16.6. The lowest BCUT2D eigenvalue weighted by Crippen LogP contribution is -2.27. The largest absolute Gasteiger partial charge is 0.491 e. The predicted octanol–water partition coefficient (Wildman–Crippen LogP) is 5.84. The molecule has 0 aliphatic heterocycles. The van der Waals surface area contributed by atoms with Gasteiger partial charge in [0.25, 0.3) is 0 Å². The lowest BCUT2D eigenvalue weighted by Gasteiger charge is -2.17. The summed E-state index contributed by atoms with van der Waals surface area (Å²) in [5.41, 5.74) is 2.72. The fourth-order valence-corrected chi connectivity index (χ4v) is 2.83. The van der Waals surface area contributed by atoms with Crippen LogP contribution in [0.1, 0.15) is 50.7 Å². The molecule has 0 spiro atoms. The van der Waals surface area contributed by atoms with E-state index in [-0.39, 0.29) is 6.10 Å². The summed E-state index contributed by atoms with van der Waals surface area (Å²) >= 11 is 0. The van der Waals surface area contributed by atoms with Gasteiger partial charge in [0, 0.05) is 7.11 Å². The second kappa shape index (κ2) is 12.4. The van der Waals surface area contributed by atoms with Crippen LogP contribution in [0, 0.1) is 0 Å². The summed E-state index contributed by atoms with van der Waals surface area (Å²) in [7, 11) is 1.69. The number of hydrogen-bond acceptors (Lipinski definition) is 3. The van der Waals surface area contributed by atoms with Crippen LogP contribution in [-0.2, 0) is 17.6 Å². The van der Waals surface area contributed by atoms with E-state index in [1.54, 1.807) is 7.11 Å². The molecule has 0 amide bonds. The molecule has 0 N–H and O–H groups in total. The monoisotopic (exact) mass is 370 g/mol. The summed E-state index contributed by atoms with van der Waals surface area (Å²) in [4.78, 5) is 0. The molecule has 2 aromatic carbocycles. The molecule has 0 aromatic heterocycles. The number of rotatable bonds is 13. The number of aryl methyl sites for hydroxylation is 2. The minimum absolute atomic E-state index is 0.107. The highest BCUT2D eigenvalue weighted by Gasteiger charge is 2.10. The van der Waals surface area contributed by atoms with Gasteiger partial charge in [-0.1, -0.05) is 51.0 Å². The molecule has 2 rings (SSSR count). The van der Waals surface area contributed by atoms with Crippen molar-refractivity contribution < 1.29 is 14.2 Å². The number of benzene rings is 2. The van der Waals surface area contributed by atoms with Crippen LogP contribution in [0.15, 0.2) is 48.5 Å². The summed E-state index contributed by atoms with van der Waals surface area (Å²) in [5, 5.41) is 0. The van der Waals surface area contributed by atoms with Gasteiger partial charge in [-0.15, -0.1) is 0 Å². The van der Waals surface area contributed by atoms with E-state index in [0.29, 0.717) is 13.2 Å². The average Bonchev–Trinajstić information content (AvgIpc) is 2.72. The number of ether oxygens (including phenoxy) is 3. The highest BCUT2D eigenvalue weighted by molar-refractivity contribution is 5.28. The Morgan fingerprint density at radius 3 is 1.41 bits per heavy atom. The summed E-state index contributed by atoms with van der Waals surface area (Å²) in [6, 6.07) is 16.7. The van der Waals surface area contributed by atoms with E-state index in [9.17, 15) is 0 Å². The van der Waals surface area contributed by atoms with Gasteiger partial charge in [0.15, 0.2) is 0 Å². The lowest BCUT2D eigenvalue weighted by molar-refractivity contribution is 0.0237. The third-order valence-corrected chi connectivity index (χ3v) is 4.69. The Morgan fingerprint density at radius 1 is 0.667 bits per heavy atom. The van der Waals surface area contributed by atoms with Crippen molar-refractivity contribution in [3.05, 3.63) is 59.7 Å². The average molecular weight is 371 g/mol. The zero-order valence-corrected chi connectivity index (χ0v) is 17.1. The van der Waals surface area contributed by atoms with Gasteiger partial charge < -0.3 is 14.2 Å². The minimum Gasteiger partial charge on any atom is -0.491 e. The van der Waals surface area contributed by atoms with Crippen LogP contribution in [0.4, 0.5) is 0 Å². The van der Waals surface area contributed by atoms with Crippen molar-refractivity contribution in [1.29, 1.82) is 0 Å². The second-order valence-corrected chi connectivity index (χ2v) is 6.97. The quantitative estimate of drug-likeness (QED) is 0.443. The molecule has 0 saturated heterocycles. The number of hydrogen-bond donors (Lipinski definition) is 0. The van der Waals surface area contributed by atoms with Gasteiger partial charge in [-0.3, -0.25) is 0 Å². The van der Waals surface area contributed by atoms with Crippen molar-refractivity contribution in [2.75, 3.05) is 20.3 Å². The van der Waals surface area contributed by atoms with Gasteiger partial charge >= 0.3 is 0 Å². The molecule has 2 aromatic rings. The Kier molecular flexibility index (Phi) is 9.78. The van der Waals surface area contributed by atoms with Gasteiger partial charge in [-0.25, -0.2) is 0 Å². The van der Waals surface area contributed by atoms with Crippen molar-refractivity contribution in [2.24, 2.45) is 0 Å². The Hall–Kier alpha value is -2.00. The van der Waals surface area contributed by atoms with Crippen LogP contribution in [0.25, 0.3) is 0 Å². The molecular formula is C24H34O3. The predicted molar refractivity (Wildman–Crippen MR) is 112 cm³/mol. The van der Waals surface area contributed by atoms with Crippen molar-refractivity contribution >= 4 is 0 Å². The molecule has 3 heteroatoms. The minimum atomic E-state index is -0.107. The Labute approximate surface area is 164 Å². The first-order valence-electron chi connectivity index (χ1n) is 10.2. The first-order chi connectivity index (χ1) is 13.2. The maximum Gasteiger partial charge on any atom is 0.125 e. The molecular weight excluding hydrogens is 336 g/mol. The van der Waals surface area contributed by atoms with Crippen LogP contribution in [0.5, 0.6) is 11.5 Å². The third-order valence-electron chi connectivity index (χ3n) is 4.69. The fraction of sp³-hybridized carbons (Fsp3) is 0.500. The Morgan fingerprint density at radius 2 is 1.07 bits per heavy atom. The van der Waals surface area contributed by atoms with E-state index in [1.165, 1.54) is 36.8 Å². The zero-order chi connectivity index (χ0) is 19.3. The van der Waals surface area contributed by atoms with Crippen molar-refractivity contribution in [3.8, 4) is 11.5 Å². The van der Waals surface area contributed by atoms with E-state index >= 15 is 0 Å². The van der Waals surface area contributed by atoms with Gasteiger partial charge in [-0.05, 0) is 61.1 Å². The smallest absolute Gasteiger partial charge is 0.125 e. The molecule has 27 heavy (non-hydrogen) atoms. The summed E-state index contributed by atoms with van der Waals surface area (Å²) in [6.07, 6.45) is 7.03. The molecule has 0 unspecified atom stereocenters. The normalized spacial score (nSPS) is 11.0. The lowest BCUT2D eigenvalue weighted by atomic mass is 10.1. The van der Waals surface area contributed by atoms with Crippen molar-refractivity contribution in [1.82, 2.24) is 0 Å². The molecule has 0 atom stereocenters. The van der Waals surface area contributed by atoms with Crippen LogP contribution >= 0.6 is 0 Å². The van der Waals surface area contributed by atoms with E-state index < -0.39 is 0 Å². The molecule has 3 nitrogen and oxygen atoms in total. The van der Waals surface area contributed by atoms with Crippen LogP contribution in [-0.4, -0.2) is 26.4 Å². The number of methoxy groups -OCH3 is 1. The Balaban J connectivity index is 1.74. The second-order valence-electron chi connectivity index (χ2n) is 6.97. The van der Waals surface area contributed by atoms with Crippen molar-refractivity contribution in [2.45, 2.75) is 58.5 Å². The molecule has 0 bridgehead atoms. The maximum absolute atomic E-state index is 5.87. The van der Waals surface area contributed by atoms with E-state index in [0.717, 1.165) is 24.3 Å². The molecule has 0 aliphatic rings. The van der Waals surface area contributed by atoms with Gasteiger partial charge in [0.1, 0.15) is 30.8 Å². The third kappa shape index (κ3) is 8.04. The first-order valence-corrected chi connectivity index (χ1v) is 10.2. The summed E-state index contributed by atoms with van der Waals surface area (Å²) in [6.45, 7) is 5.37. The molecule has 0 radical (unpaired) electrons. The zero-order valence-electron chi connectivity index (χ0n) is 17.1. The summed E-state index contributed by atoms with van der Waals surface area (Å²) < 4.78 is 17.2. The fourth-order valence-electron chi connectivity index (χ4n) is 2.83. The van der Waals surface area contributed by atoms with Gasteiger partial charge in [0.2, 0.25) is 0 Å². The molecule has 0 fully saturated rings. The van der Waals surface area contributed by atoms with E-state index in [4.69, 9.17) is 14.2 Å². The highest BCUT2D eigenvalue weighted by Crippen LogP contribution is 2.16. The van der Waals surface area contributed by atoms with Gasteiger partial charge in [0.05, 0.1) is 0 Å². The maximum atomic E-state index is 5.87. The van der Waals surface area contributed by atoms with Crippen LogP contribution in [0.2, 0.25) is 0 Å². The molecule has 148 valence electrons.